The zero-order chi connectivity index (χ0) is 13.4. The number of carbonyl (C=O) groups excluding carboxylic acids is 1. The van der Waals surface area contributed by atoms with Crippen LogP contribution in [-0.2, 0) is 14.3 Å². The summed E-state index contributed by atoms with van der Waals surface area (Å²) in [4.78, 5) is 11.5. The van der Waals surface area contributed by atoms with Gasteiger partial charge in [-0.1, -0.05) is 5.57 Å². The molecule has 0 bridgehead atoms. The third-order valence-corrected chi connectivity index (χ3v) is 3.24. The Morgan fingerprint density at radius 3 is 2.61 bits per heavy atom. The molecule has 3 heteroatoms. The van der Waals surface area contributed by atoms with Gasteiger partial charge >= 0.3 is 5.97 Å². The molecular weight excluding hydrogens is 228 g/mol. The van der Waals surface area contributed by atoms with Crippen molar-refractivity contribution in [3.05, 3.63) is 11.6 Å². The summed E-state index contributed by atoms with van der Waals surface area (Å²) < 4.78 is 11.0. The van der Waals surface area contributed by atoms with E-state index in [0.717, 1.165) is 50.7 Å². The lowest BCUT2D eigenvalue weighted by molar-refractivity contribution is -0.137. The van der Waals surface area contributed by atoms with Crippen LogP contribution in [-0.4, -0.2) is 24.8 Å². The van der Waals surface area contributed by atoms with Crippen molar-refractivity contribution in [1.82, 2.24) is 0 Å². The normalized spacial score (nSPS) is 23.7. The zero-order valence-corrected chi connectivity index (χ0v) is 12.0. The molecule has 18 heavy (non-hydrogen) atoms. The molecule has 104 valence electrons. The summed E-state index contributed by atoms with van der Waals surface area (Å²) >= 11 is 0. The van der Waals surface area contributed by atoms with Crippen molar-refractivity contribution in [2.45, 2.75) is 64.9 Å². The van der Waals surface area contributed by atoms with Gasteiger partial charge in [0.05, 0.1) is 12.2 Å². The average molecular weight is 254 g/mol. The molecule has 1 heterocycles. The van der Waals surface area contributed by atoms with Gasteiger partial charge in [-0.2, -0.15) is 0 Å². The van der Waals surface area contributed by atoms with Crippen LogP contribution < -0.4 is 0 Å². The van der Waals surface area contributed by atoms with Gasteiger partial charge in [-0.15, -0.1) is 0 Å². The summed E-state index contributed by atoms with van der Waals surface area (Å²) in [5.74, 6) is -0.194. The minimum atomic E-state index is -0.194. The number of esters is 1. The lowest BCUT2D eigenvalue weighted by atomic mass is 9.99. The highest BCUT2D eigenvalue weighted by Crippen LogP contribution is 2.20. The molecule has 0 N–H and O–H groups in total. The van der Waals surface area contributed by atoms with Gasteiger partial charge in [0.1, 0.15) is 0 Å². The molecule has 1 aliphatic heterocycles. The standard InChI is InChI=1S/C15H26O3/c1-13-8-7-9-15(2,3)18-11-6-4-5-10-17-14(16)12-13/h12H,4-11H2,1-3H3. The third kappa shape index (κ3) is 6.80. The number of cyclic esters (lactones) is 1. The van der Waals surface area contributed by atoms with Crippen molar-refractivity contribution in [2.75, 3.05) is 13.2 Å². The first kappa shape index (κ1) is 15.2. The Balaban J connectivity index is 2.52. The number of rotatable bonds is 0. The summed E-state index contributed by atoms with van der Waals surface area (Å²) in [5.41, 5.74) is 1.04. The second-order valence-corrected chi connectivity index (χ2v) is 5.68. The molecule has 0 atom stereocenters. The van der Waals surface area contributed by atoms with Crippen LogP contribution in [0.5, 0.6) is 0 Å². The fraction of sp³-hybridized carbons (Fsp3) is 0.800. The van der Waals surface area contributed by atoms with E-state index < -0.39 is 0 Å². The Morgan fingerprint density at radius 2 is 1.83 bits per heavy atom. The molecule has 1 rings (SSSR count). The van der Waals surface area contributed by atoms with Crippen molar-refractivity contribution >= 4 is 5.97 Å². The van der Waals surface area contributed by atoms with Crippen LogP contribution in [0.25, 0.3) is 0 Å². The smallest absolute Gasteiger partial charge is 0.330 e. The van der Waals surface area contributed by atoms with Crippen LogP contribution in [0.1, 0.15) is 59.3 Å². The van der Waals surface area contributed by atoms with Crippen LogP contribution in [0.2, 0.25) is 0 Å². The maximum Gasteiger partial charge on any atom is 0.330 e. The van der Waals surface area contributed by atoms with Crippen LogP contribution >= 0.6 is 0 Å². The van der Waals surface area contributed by atoms with Crippen LogP contribution in [0, 0.1) is 0 Å². The monoisotopic (exact) mass is 254 g/mol. The third-order valence-electron chi connectivity index (χ3n) is 3.24. The predicted molar refractivity (Wildman–Crippen MR) is 72.4 cm³/mol. The SMILES string of the molecule is CC1=CC(=O)OCCCCCOC(C)(C)CCC1. The van der Waals surface area contributed by atoms with E-state index in [1.54, 1.807) is 6.08 Å². The molecule has 1 aliphatic rings. The van der Waals surface area contributed by atoms with Crippen molar-refractivity contribution in [3.8, 4) is 0 Å². The number of carbonyl (C=O) groups is 1. The molecule has 0 aromatic rings. The summed E-state index contributed by atoms with van der Waals surface area (Å²) in [5, 5.41) is 0. The van der Waals surface area contributed by atoms with E-state index in [1.807, 2.05) is 6.92 Å². The Bertz CT molecular complexity index is 292. The molecule has 0 aromatic heterocycles. The first-order valence-corrected chi connectivity index (χ1v) is 6.97. The van der Waals surface area contributed by atoms with Crippen molar-refractivity contribution in [2.24, 2.45) is 0 Å². The van der Waals surface area contributed by atoms with Crippen LogP contribution in [0.15, 0.2) is 11.6 Å². The Morgan fingerprint density at radius 1 is 1.11 bits per heavy atom. The highest BCUT2D eigenvalue weighted by atomic mass is 16.5. The highest BCUT2D eigenvalue weighted by molar-refractivity contribution is 5.82. The molecule has 0 aliphatic carbocycles. The summed E-state index contributed by atoms with van der Waals surface area (Å²) in [6, 6.07) is 0. The summed E-state index contributed by atoms with van der Waals surface area (Å²) in [7, 11) is 0. The first-order chi connectivity index (χ1) is 8.49. The van der Waals surface area contributed by atoms with Crippen molar-refractivity contribution < 1.29 is 14.3 Å². The fourth-order valence-electron chi connectivity index (χ4n) is 2.08. The number of ether oxygens (including phenoxy) is 2. The molecule has 0 aromatic carbocycles. The van der Waals surface area contributed by atoms with Gasteiger partial charge in [0.25, 0.3) is 0 Å². The highest BCUT2D eigenvalue weighted by Gasteiger charge is 2.17. The fourth-order valence-corrected chi connectivity index (χ4v) is 2.08. The van der Waals surface area contributed by atoms with E-state index >= 15 is 0 Å². The maximum absolute atomic E-state index is 11.5. The zero-order valence-electron chi connectivity index (χ0n) is 12.0. The van der Waals surface area contributed by atoms with Gasteiger partial charge in [0.2, 0.25) is 0 Å². The number of allylic oxidation sites excluding steroid dienone is 1. The van der Waals surface area contributed by atoms with Crippen molar-refractivity contribution in [1.29, 1.82) is 0 Å². The van der Waals surface area contributed by atoms with E-state index in [2.05, 4.69) is 13.8 Å². The predicted octanol–water partition coefficient (Wildman–Crippen LogP) is 3.63. The van der Waals surface area contributed by atoms with Crippen molar-refractivity contribution in [3.63, 3.8) is 0 Å². The van der Waals surface area contributed by atoms with E-state index in [9.17, 15) is 4.79 Å². The maximum atomic E-state index is 11.5. The van der Waals surface area contributed by atoms with Gasteiger partial charge in [0.15, 0.2) is 0 Å². The minimum Gasteiger partial charge on any atom is -0.463 e. The van der Waals surface area contributed by atoms with Gasteiger partial charge < -0.3 is 9.47 Å². The van der Waals surface area contributed by atoms with Gasteiger partial charge in [-0.3, -0.25) is 0 Å². The van der Waals surface area contributed by atoms with E-state index in [0.29, 0.717) is 6.61 Å². The van der Waals surface area contributed by atoms with E-state index in [1.165, 1.54) is 0 Å². The first-order valence-electron chi connectivity index (χ1n) is 6.97. The van der Waals surface area contributed by atoms with Crippen LogP contribution in [0.4, 0.5) is 0 Å². The largest absolute Gasteiger partial charge is 0.463 e. The quantitative estimate of drug-likeness (QED) is 0.619. The lowest BCUT2D eigenvalue weighted by Crippen LogP contribution is -2.25. The summed E-state index contributed by atoms with van der Waals surface area (Å²) in [6.07, 6.45) is 7.63. The lowest BCUT2D eigenvalue weighted by Gasteiger charge is -2.25. The molecule has 0 saturated heterocycles. The Hall–Kier alpha value is -0.830. The van der Waals surface area contributed by atoms with Gasteiger partial charge in [0, 0.05) is 12.7 Å². The van der Waals surface area contributed by atoms with Crippen LogP contribution in [0.3, 0.4) is 0 Å². The second kappa shape index (κ2) is 7.57. The molecular formula is C15H26O3. The minimum absolute atomic E-state index is 0.0507. The Kier molecular flexibility index (Phi) is 6.41. The molecule has 0 fully saturated rings. The molecule has 3 nitrogen and oxygen atoms in total. The molecule has 0 unspecified atom stereocenters. The van der Waals surface area contributed by atoms with Gasteiger partial charge in [-0.25, -0.2) is 4.79 Å². The number of hydrogen-bond donors (Lipinski definition) is 0. The Labute approximate surface area is 111 Å². The average Bonchev–Trinajstić information content (AvgIpc) is 2.26. The molecule has 0 saturated carbocycles. The summed E-state index contributed by atoms with van der Waals surface area (Å²) in [6.45, 7) is 7.60. The molecule has 0 amide bonds. The number of hydrogen-bond acceptors (Lipinski definition) is 3. The second-order valence-electron chi connectivity index (χ2n) is 5.68. The van der Waals surface area contributed by atoms with E-state index in [-0.39, 0.29) is 11.6 Å². The van der Waals surface area contributed by atoms with Gasteiger partial charge in [-0.05, 0) is 59.3 Å². The van der Waals surface area contributed by atoms with E-state index in [4.69, 9.17) is 9.47 Å². The molecule has 0 spiro atoms. The topological polar surface area (TPSA) is 35.5 Å². The molecule has 0 radical (unpaired) electrons.